The van der Waals surface area contributed by atoms with Crippen molar-refractivity contribution in [3.63, 3.8) is 0 Å². The summed E-state index contributed by atoms with van der Waals surface area (Å²) in [6, 6.07) is 9.49. The lowest BCUT2D eigenvalue weighted by Crippen LogP contribution is -2.04. The van der Waals surface area contributed by atoms with E-state index in [0.29, 0.717) is 0 Å². The number of imidazole rings is 1. The largest absolute Gasteiger partial charge is 0.508 e. The maximum absolute atomic E-state index is 9.56. The number of aromatic nitrogens is 3. The van der Waals surface area contributed by atoms with Crippen molar-refractivity contribution in [3.05, 3.63) is 42.1 Å². The van der Waals surface area contributed by atoms with Crippen molar-refractivity contribution < 1.29 is 5.11 Å². The van der Waals surface area contributed by atoms with E-state index in [-0.39, 0.29) is 11.8 Å². The number of pyridine rings is 1. The Morgan fingerprint density at radius 3 is 2.70 bits per heavy atom. The number of phenolic OH excluding ortho intramolecular Hbond substituents is 1. The molecule has 0 spiro atoms. The zero-order valence-corrected chi connectivity index (χ0v) is 11.8. The lowest BCUT2D eigenvalue weighted by Gasteiger charge is -2.13. The SMILES string of the molecule is Cc1cc(O)ccc1-c1nc2cccnc2n1C(C)C. The molecule has 3 aromatic rings. The van der Waals surface area contributed by atoms with Crippen molar-refractivity contribution in [2.24, 2.45) is 0 Å². The third-order valence-electron chi connectivity index (χ3n) is 3.42. The molecule has 0 saturated carbocycles. The Labute approximate surface area is 117 Å². The fourth-order valence-electron chi connectivity index (χ4n) is 2.51. The van der Waals surface area contributed by atoms with Crippen LogP contribution in [0.1, 0.15) is 25.5 Å². The number of hydrogen-bond donors (Lipinski definition) is 1. The first-order valence-corrected chi connectivity index (χ1v) is 6.71. The first-order valence-electron chi connectivity index (χ1n) is 6.71. The first kappa shape index (κ1) is 12.7. The zero-order valence-electron chi connectivity index (χ0n) is 11.8. The number of nitrogens with zero attached hydrogens (tertiary/aromatic N) is 3. The third-order valence-corrected chi connectivity index (χ3v) is 3.42. The molecule has 3 rings (SSSR count). The molecule has 0 aliphatic rings. The van der Waals surface area contributed by atoms with Crippen LogP contribution < -0.4 is 0 Å². The molecule has 2 aromatic heterocycles. The number of benzene rings is 1. The van der Waals surface area contributed by atoms with E-state index < -0.39 is 0 Å². The smallest absolute Gasteiger partial charge is 0.160 e. The van der Waals surface area contributed by atoms with Crippen LogP contribution in [0.25, 0.3) is 22.6 Å². The molecule has 2 heterocycles. The maximum Gasteiger partial charge on any atom is 0.160 e. The van der Waals surface area contributed by atoms with Gasteiger partial charge in [-0.1, -0.05) is 0 Å². The lowest BCUT2D eigenvalue weighted by atomic mass is 10.1. The minimum absolute atomic E-state index is 0.262. The van der Waals surface area contributed by atoms with Crippen LogP contribution in [0.3, 0.4) is 0 Å². The second-order valence-corrected chi connectivity index (χ2v) is 5.24. The van der Waals surface area contributed by atoms with Crippen LogP contribution in [0.2, 0.25) is 0 Å². The molecule has 1 N–H and O–H groups in total. The summed E-state index contributed by atoms with van der Waals surface area (Å²) >= 11 is 0. The zero-order chi connectivity index (χ0) is 14.3. The monoisotopic (exact) mass is 267 g/mol. The summed E-state index contributed by atoms with van der Waals surface area (Å²) in [5, 5.41) is 9.56. The molecule has 4 heteroatoms. The van der Waals surface area contributed by atoms with Crippen LogP contribution in [0, 0.1) is 6.92 Å². The van der Waals surface area contributed by atoms with Gasteiger partial charge in [0.05, 0.1) is 0 Å². The van der Waals surface area contributed by atoms with E-state index >= 15 is 0 Å². The van der Waals surface area contributed by atoms with Crippen LogP contribution in [-0.2, 0) is 0 Å². The second kappa shape index (κ2) is 4.63. The van der Waals surface area contributed by atoms with Gasteiger partial charge in [-0.25, -0.2) is 9.97 Å². The number of rotatable bonds is 2. The molecule has 1 aromatic carbocycles. The Kier molecular flexibility index (Phi) is 2.93. The maximum atomic E-state index is 9.56. The molecule has 4 nitrogen and oxygen atoms in total. The van der Waals surface area contributed by atoms with E-state index in [9.17, 15) is 5.11 Å². The quantitative estimate of drug-likeness (QED) is 0.770. The van der Waals surface area contributed by atoms with E-state index in [2.05, 4.69) is 23.4 Å². The van der Waals surface area contributed by atoms with Gasteiger partial charge in [0, 0.05) is 17.8 Å². The molecule has 0 fully saturated rings. The van der Waals surface area contributed by atoms with Gasteiger partial charge >= 0.3 is 0 Å². The summed E-state index contributed by atoms with van der Waals surface area (Å²) in [6.45, 7) is 6.22. The molecule has 20 heavy (non-hydrogen) atoms. The first-order chi connectivity index (χ1) is 9.58. The molecule has 102 valence electrons. The summed E-state index contributed by atoms with van der Waals surface area (Å²) in [7, 11) is 0. The van der Waals surface area contributed by atoms with Gasteiger partial charge in [-0.05, 0) is 56.7 Å². The minimum Gasteiger partial charge on any atom is -0.508 e. The van der Waals surface area contributed by atoms with Gasteiger partial charge in [-0.2, -0.15) is 0 Å². The molecule has 0 amide bonds. The molecule has 0 saturated heterocycles. The average molecular weight is 267 g/mol. The van der Waals surface area contributed by atoms with Crippen molar-refractivity contribution in [3.8, 4) is 17.1 Å². The summed E-state index contributed by atoms with van der Waals surface area (Å²) in [6.07, 6.45) is 1.79. The summed E-state index contributed by atoms with van der Waals surface area (Å²) in [4.78, 5) is 9.16. The Hall–Kier alpha value is -2.36. The van der Waals surface area contributed by atoms with Gasteiger partial charge in [0.25, 0.3) is 0 Å². The molecule has 0 unspecified atom stereocenters. The van der Waals surface area contributed by atoms with Crippen LogP contribution in [0.5, 0.6) is 5.75 Å². The topological polar surface area (TPSA) is 50.9 Å². The van der Waals surface area contributed by atoms with Gasteiger partial charge < -0.3 is 9.67 Å². The van der Waals surface area contributed by atoms with Crippen molar-refractivity contribution in [2.75, 3.05) is 0 Å². The van der Waals surface area contributed by atoms with Crippen molar-refractivity contribution >= 4 is 11.2 Å². The predicted octanol–water partition coefficient (Wildman–Crippen LogP) is 3.69. The van der Waals surface area contributed by atoms with Crippen LogP contribution >= 0.6 is 0 Å². The van der Waals surface area contributed by atoms with Crippen LogP contribution in [0.15, 0.2) is 36.5 Å². The standard InChI is InChI=1S/C16H17N3O/c1-10(2)19-15(13-7-6-12(20)9-11(13)3)18-14-5-4-8-17-16(14)19/h4-10,20H,1-3H3. The Morgan fingerprint density at radius 2 is 2.00 bits per heavy atom. The highest BCUT2D eigenvalue weighted by Gasteiger charge is 2.17. The van der Waals surface area contributed by atoms with Gasteiger partial charge in [0.15, 0.2) is 5.65 Å². The third kappa shape index (κ3) is 1.93. The van der Waals surface area contributed by atoms with Gasteiger partial charge in [0.2, 0.25) is 0 Å². The number of fused-ring (bicyclic) bond motifs is 1. The van der Waals surface area contributed by atoms with Gasteiger partial charge in [-0.3, -0.25) is 0 Å². The molecular formula is C16H17N3O. The molecule has 0 atom stereocenters. The fraction of sp³-hybridized carbons (Fsp3) is 0.250. The molecule has 0 bridgehead atoms. The highest BCUT2D eigenvalue weighted by Crippen LogP contribution is 2.30. The molecular weight excluding hydrogens is 250 g/mol. The minimum atomic E-state index is 0.262. The molecule has 0 aliphatic heterocycles. The second-order valence-electron chi connectivity index (χ2n) is 5.24. The van der Waals surface area contributed by atoms with E-state index in [0.717, 1.165) is 28.1 Å². The highest BCUT2D eigenvalue weighted by molar-refractivity contribution is 5.78. The Morgan fingerprint density at radius 1 is 1.20 bits per heavy atom. The van der Waals surface area contributed by atoms with Gasteiger partial charge in [0.1, 0.15) is 17.1 Å². The predicted molar refractivity (Wildman–Crippen MR) is 79.8 cm³/mol. The highest BCUT2D eigenvalue weighted by atomic mass is 16.3. The number of aryl methyl sites for hydroxylation is 1. The summed E-state index contributed by atoms with van der Waals surface area (Å²) in [5.41, 5.74) is 3.81. The Bertz CT molecular complexity index is 774. The van der Waals surface area contributed by atoms with E-state index in [4.69, 9.17) is 4.98 Å². The van der Waals surface area contributed by atoms with Crippen molar-refractivity contribution in [1.82, 2.24) is 14.5 Å². The van der Waals surface area contributed by atoms with E-state index in [1.54, 1.807) is 18.3 Å². The van der Waals surface area contributed by atoms with Gasteiger partial charge in [-0.15, -0.1) is 0 Å². The van der Waals surface area contributed by atoms with Crippen molar-refractivity contribution in [1.29, 1.82) is 0 Å². The lowest BCUT2D eigenvalue weighted by molar-refractivity contribution is 0.475. The average Bonchev–Trinajstić information content (AvgIpc) is 2.77. The van der Waals surface area contributed by atoms with E-state index in [1.165, 1.54) is 0 Å². The summed E-state index contributed by atoms with van der Waals surface area (Å²) < 4.78 is 2.13. The van der Waals surface area contributed by atoms with Crippen LogP contribution in [-0.4, -0.2) is 19.6 Å². The molecule has 0 aliphatic carbocycles. The van der Waals surface area contributed by atoms with Crippen LogP contribution in [0.4, 0.5) is 0 Å². The number of hydrogen-bond acceptors (Lipinski definition) is 3. The normalized spacial score (nSPS) is 11.4. The molecule has 0 radical (unpaired) electrons. The fourth-order valence-corrected chi connectivity index (χ4v) is 2.51. The Balaban J connectivity index is 2.32. The summed E-state index contributed by atoms with van der Waals surface area (Å²) in [5.74, 6) is 1.17. The number of aromatic hydroxyl groups is 1. The number of phenols is 1. The van der Waals surface area contributed by atoms with E-state index in [1.807, 2.05) is 25.1 Å². The van der Waals surface area contributed by atoms with Crippen molar-refractivity contribution in [2.45, 2.75) is 26.8 Å².